The summed E-state index contributed by atoms with van der Waals surface area (Å²) in [7, 11) is 2.15. The molecule has 2 fully saturated rings. The SMILES string of the molecule is Cc1ccccc1-c1ccc(-c2ccc(C3CCC(C4CCCC4)C3)cc2)c[n+]1C. The fourth-order valence-corrected chi connectivity index (χ4v) is 6.04. The van der Waals surface area contributed by atoms with Crippen molar-refractivity contribution < 1.29 is 4.57 Å². The summed E-state index contributed by atoms with van der Waals surface area (Å²) in [5, 5.41) is 0. The quantitative estimate of drug-likeness (QED) is 0.410. The Morgan fingerprint density at radius 3 is 2.20 bits per heavy atom. The van der Waals surface area contributed by atoms with Gasteiger partial charge in [0.15, 0.2) is 6.20 Å². The molecule has 1 heterocycles. The van der Waals surface area contributed by atoms with E-state index in [9.17, 15) is 0 Å². The molecule has 0 amide bonds. The van der Waals surface area contributed by atoms with Crippen molar-refractivity contribution >= 4 is 0 Å². The first-order valence-electron chi connectivity index (χ1n) is 11.8. The van der Waals surface area contributed by atoms with E-state index in [-0.39, 0.29) is 0 Å². The van der Waals surface area contributed by atoms with Gasteiger partial charge in [-0.15, -0.1) is 0 Å². The van der Waals surface area contributed by atoms with Crippen LogP contribution in [0.4, 0.5) is 0 Å². The molecular weight excluding hydrogens is 362 g/mol. The van der Waals surface area contributed by atoms with Gasteiger partial charge in [-0.2, -0.15) is 0 Å². The van der Waals surface area contributed by atoms with E-state index in [1.807, 2.05) is 0 Å². The molecule has 5 rings (SSSR count). The minimum absolute atomic E-state index is 0.782. The molecule has 2 aromatic carbocycles. The minimum atomic E-state index is 0.782. The average molecular weight is 397 g/mol. The minimum Gasteiger partial charge on any atom is -0.200 e. The molecule has 0 radical (unpaired) electrons. The van der Waals surface area contributed by atoms with Crippen LogP contribution in [0.2, 0.25) is 0 Å². The first-order chi connectivity index (χ1) is 14.7. The third-order valence-corrected chi connectivity index (χ3v) is 7.81. The highest BCUT2D eigenvalue weighted by molar-refractivity contribution is 5.66. The van der Waals surface area contributed by atoms with Crippen LogP contribution in [0.15, 0.2) is 66.9 Å². The fourth-order valence-electron chi connectivity index (χ4n) is 6.04. The van der Waals surface area contributed by atoms with E-state index in [2.05, 4.69) is 85.4 Å². The van der Waals surface area contributed by atoms with Crippen LogP contribution in [0, 0.1) is 18.8 Å². The Morgan fingerprint density at radius 2 is 1.47 bits per heavy atom. The van der Waals surface area contributed by atoms with Crippen LogP contribution in [-0.4, -0.2) is 0 Å². The van der Waals surface area contributed by atoms with E-state index in [0.29, 0.717) is 0 Å². The van der Waals surface area contributed by atoms with Crippen LogP contribution in [0.1, 0.15) is 62.0 Å². The zero-order valence-corrected chi connectivity index (χ0v) is 18.5. The van der Waals surface area contributed by atoms with Gasteiger partial charge in [-0.1, -0.05) is 68.1 Å². The van der Waals surface area contributed by atoms with Gasteiger partial charge in [-0.05, 0) is 72.8 Å². The summed E-state index contributed by atoms with van der Waals surface area (Å²) in [5.41, 5.74) is 8.04. The normalized spacial score (nSPS) is 21.9. The van der Waals surface area contributed by atoms with Gasteiger partial charge < -0.3 is 0 Å². The molecule has 0 bridgehead atoms. The van der Waals surface area contributed by atoms with Gasteiger partial charge in [0.1, 0.15) is 7.05 Å². The third kappa shape index (κ3) is 3.83. The molecule has 3 aromatic rings. The Balaban J connectivity index is 1.32. The number of pyridine rings is 1. The van der Waals surface area contributed by atoms with E-state index in [1.165, 1.54) is 72.9 Å². The number of rotatable bonds is 4. The van der Waals surface area contributed by atoms with Gasteiger partial charge in [-0.3, -0.25) is 0 Å². The van der Waals surface area contributed by atoms with Crippen LogP contribution in [0.5, 0.6) is 0 Å². The largest absolute Gasteiger partial charge is 0.212 e. The highest BCUT2D eigenvalue weighted by atomic mass is 14.9. The standard InChI is InChI=1S/C29H34N/c1-21-7-3-6-10-28(21)29-18-17-27(20-30(29)2)24-13-11-23(12-14-24)26-16-15-25(19-26)22-8-4-5-9-22/h3,6-7,10-14,17-18,20,22,25-26H,4-5,8-9,15-16,19H2,1-2H3/q+1. The molecule has 0 aliphatic heterocycles. The summed E-state index contributed by atoms with van der Waals surface area (Å²) in [6.07, 6.45) is 12.5. The summed E-state index contributed by atoms with van der Waals surface area (Å²) < 4.78 is 2.26. The lowest BCUT2D eigenvalue weighted by atomic mass is 9.87. The lowest BCUT2D eigenvalue weighted by Gasteiger charge is -2.18. The van der Waals surface area contributed by atoms with Crippen LogP contribution in [-0.2, 0) is 7.05 Å². The number of aromatic nitrogens is 1. The molecule has 2 unspecified atom stereocenters. The van der Waals surface area contributed by atoms with Crippen LogP contribution in [0.3, 0.4) is 0 Å². The molecule has 2 aliphatic carbocycles. The zero-order chi connectivity index (χ0) is 20.5. The van der Waals surface area contributed by atoms with Crippen molar-refractivity contribution in [3.63, 3.8) is 0 Å². The number of aryl methyl sites for hydroxylation is 2. The first-order valence-corrected chi connectivity index (χ1v) is 11.8. The third-order valence-electron chi connectivity index (χ3n) is 7.81. The van der Waals surface area contributed by atoms with Gasteiger partial charge in [0, 0.05) is 17.2 Å². The second-order valence-corrected chi connectivity index (χ2v) is 9.67. The lowest BCUT2D eigenvalue weighted by molar-refractivity contribution is -0.659. The van der Waals surface area contributed by atoms with Crippen molar-refractivity contribution in [3.8, 4) is 22.4 Å². The average Bonchev–Trinajstić information content (AvgIpc) is 3.47. The smallest absolute Gasteiger partial charge is 0.200 e. The number of hydrogen-bond donors (Lipinski definition) is 0. The number of nitrogens with zero attached hydrogens (tertiary/aromatic N) is 1. The molecule has 2 aliphatic rings. The van der Waals surface area contributed by atoms with Gasteiger partial charge in [0.2, 0.25) is 5.69 Å². The van der Waals surface area contributed by atoms with Crippen LogP contribution < -0.4 is 4.57 Å². The van der Waals surface area contributed by atoms with Crippen molar-refractivity contribution in [3.05, 3.63) is 78.0 Å². The molecule has 2 saturated carbocycles. The van der Waals surface area contributed by atoms with E-state index in [1.54, 1.807) is 5.56 Å². The maximum absolute atomic E-state index is 2.40. The molecule has 30 heavy (non-hydrogen) atoms. The summed E-state index contributed by atoms with van der Waals surface area (Å²) in [4.78, 5) is 0. The van der Waals surface area contributed by atoms with E-state index >= 15 is 0 Å². The van der Waals surface area contributed by atoms with E-state index in [0.717, 1.165) is 17.8 Å². The predicted molar refractivity (Wildman–Crippen MR) is 125 cm³/mol. The van der Waals surface area contributed by atoms with Crippen molar-refractivity contribution in [1.29, 1.82) is 0 Å². The van der Waals surface area contributed by atoms with Gasteiger partial charge in [0.05, 0.1) is 0 Å². The summed E-state index contributed by atoms with van der Waals surface area (Å²) in [6, 6.07) is 22.6. The topological polar surface area (TPSA) is 3.88 Å². The predicted octanol–water partition coefficient (Wildman–Crippen LogP) is 7.23. The monoisotopic (exact) mass is 396 g/mol. The Morgan fingerprint density at radius 1 is 0.733 bits per heavy atom. The summed E-state index contributed by atoms with van der Waals surface area (Å²) in [6.45, 7) is 2.18. The Labute approximate surface area is 181 Å². The number of hydrogen-bond acceptors (Lipinski definition) is 0. The highest BCUT2D eigenvalue weighted by Crippen LogP contribution is 2.46. The van der Waals surface area contributed by atoms with Gasteiger partial charge >= 0.3 is 0 Å². The van der Waals surface area contributed by atoms with Gasteiger partial charge in [0.25, 0.3) is 0 Å². The van der Waals surface area contributed by atoms with Crippen molar-refractivity contribution in [2.75, 3.05) is 0 Å². The van der Waals surface area contributed by atoms with Crippen LogP contribution >= 0.6 is 0 Å². The van der Waals surface area contributed by atoms with E-state index in [4.69, 9.17) is 0 Å². The van der Waals surface area contributed by atoms with Crippen molar-refractivity contribution in [2.45, 2.75) is 57.8 Å². The Bertz CT molecular complexity index is 1010. The Kier molecular flexibility index (Phi) is 5.46. The van der Waals surface area contributed by atoms with E-state index < -0.39 is 0 Å². The molecule has 1 heteroatoms. The molecule has 2 atom stereocenters. The molecule has 0 N–H and O–H groups in total. The van der Waals surface area contributed by atoms with Gasteiger partial charge in [-0.25, -0.2) is 4.57 Å². The molecule has 0 saturated heterocycles. The zero-order valence-electron chi connectivity index (χ0n) is 18.5. The first kappa shape index (κ1) is 19.5. The molecule has 1 nitrogen and oxygen atoms in total. The Hall–Kier alpha value is -2.41. The number of benzene rings is 2. The second-order valence-electron chi connectivity index (χ2n) is 9.67. The molecule has 154 valence electrons. The fraction of sp³-hybridized carbons (Fsp3) is 0.414. The van der Waals surface area contributed by atoms with Crippen LogP contribution in [0.25, 0.3) is 22.4 Å². The maximum atomic E-state index is 2.40. The van der Waals surface area contributed by atoms with Crippen molar-refractivity contribution in [2.24, 2.45) is 18.9 Å². The molecule has 0 spiro atoms. The highest BCUT2D eigenvalue weighted by Gasteiger charge is 2.32. The molecule has 1 aromatic heterocycles. The summed E-state index contributed by atoms with van der Waals surface area (Å²) in [5.74, 6) is 2.80. The summed E-state index contributed by atoms with van der Waals surface area (Å²) >= 11 is 0. The van der Waals surface area contributed by atoms with Crippen molar-refractivity contribution in [1.82, 2.24) is 0 Å². The second kappa shape index (κ2) is 8.38. The molecular formula is C29H34N+. The lowest BCUT2D eigenvalue weighted by Crippen LogP contribution is -2.30. The maximum Gasteiger partial charge on any atom is 0.212 e.